The van der Waals surface area contributed by atoms with Crippen LogP contribution >= 0.6 is 11.3 Å². The quantitative estimate of drug-likeness (QED) is 0.750. The maximum Gasteiger partial charge on any atom is 0.268 e. The fraction of sp³-hybridized carbons (Fsp3) is 0.316. The zero-order valence-electron chi connectivity index (χ0n) is 14.4. The molecule has 0 saturated heterocycles. The Morgan fingerprint density at radius 2 is 2.15 bits per heavy atom. The Morgan fingerprint density at radius 1 is 1.31 bits per heavy atom. The van der Waals surface area contributed by atoms with Gasteiger partial charge in [0.2, 0.25) is 0 Å². The van der Waals surface area contributed by atoms with E-state index in [0.29, 0.717) is 16.0 Å². The third kappa shape index (κ3) is 3.35. The number of likely N-dealkylation sites (N-methyl/N-ethyl adjacent to an activating group) is 1. The summed E-state index contributed by atoms with van der Waals surface area (Å²) in [5.41, 5.74) is 3.17. The van der Waals surface area contributed by atoms with Gasteiger partial charge in [0.1, 0.15) is 16.3 Å². The number of rotatable bonds is 5. The van der Waals surface area contributed by atoms with Crippen LogP contribution in [0.2, 0.25) is 0 Å². The van der Waals surface area contributed by atoms with Crippen molar-refractivity contribution in [3.05, 3.63) is 57.0 Å². The van der Waals surface area contributed by atoms with Crippen molar-refractivity contribution in [3.63, 3.8) is 0 Å². The topological polar surface area (TPSA) is 75.3 Å². The number of carbonyl (C=O) groups excluding carboxylic acids is 1. The number of fused-ring (bicyclic) bond motifs is 2. The highest BCUT2D eigenvalue weighted by Crippen LogP contribution is 2.26. The molecule has 1 N–H and O–H groups in total. The van der Waals surface area contributed by atoms with E-state index in [-0.39, 0.29) is 24.6 Å². The van der Waals surface area contributed by atoms with E-state index in [1.807, 2.05) is 17.5 Å². The van der Waals surface area contributed by atoms with E-state index in [9.17, 15) is 9.59 Å². The zero-order chi connectivity index (χ0) is 18.1. The molecule has 6 nitrogen and oxygen atoms in total. The van der Waals surface area contributed by atoms with E-state index in [1.54, 1.807) is 13.1 Å². The SMILES string of the molecule is CN(Cc1nc2ccsc2c(=O)[nH]1)C(=O)COc1ccc2c(c1)CCC2. The number of ether oxygens (including phenoxy) is 1. The molecule has 0 spiro atoms. The zero-order valence-corrected chi connectivity index (χ0v) is 15.3. The molecule has 0 radical (unpaired) electrons. The van der Waals surface area contributed by atoms with Gasteiger partial charge < -0.3 is 14.6 Å². The highest BCUT2D eigenvalue weighted by molar-refractivity contribution is 7.17. The van der Waals surface area contributed by atoms with Crippen molar-refractivity contribution in [2.75, 3.05) is 13.7 Å². The second-order valence-corrected chi connectivity index (χ2v) is 7.39. The molecule has 0 saturated carbocycles. The lowest BCUT2D eigenvalue weighted by atomic mass is 10.1. The number of aromatic amines is 1. The van der Waals surface area contributed by atoms with Crippen LogP contribution in [-0.4, -0.2) is 34.4 Å². The lowest BCUT2D eigenvalue weighted by molar-refractivity contribution is -0.132. The van der Waals surface area contributed by atoms with Gasteiger partial charge in [-0.05, 0) is 54.0 Å². The van der Waals surface area contributed by atoms with E-state index in [0.717, 1.165) is 18.6 Å². The van der Waals surface area contributed by atoms with Gasteiger partial charge in [-0.15, -0.1) is 11.3 Å². The van der Waals surface area contributed by atoms with E-state index in [4.69, 9.17) is 4.74 Å². The number of H-pyrrole nitrogens is 1. The second-order valence-electron chi connectivity index (χ2n) is 6.47. The molecule has 1 aromatic carbocycles. The van der Waals surface area contributed by atoms with Gasteiger partial charge in [0.15, 0.2) is 6.61 Å². The molecular weight excluding hydrogens is 350 g/mol. The maximum atomic E-state index is 12.3. The van der Waals surface area contributed by atoms with Crippen LogP contribution in [0.4, 0.5) is 0 Å². The normalized spacial score (nSPS) is 13.0. The molecule has 134 valence electrons. The molecule has 2 aromatic heterocycles. The average molecular weight is 369 g/mol. The predicted molar refractivity (Wildman–Crippen MR) is 101 cm³/mol. The number of nitrogens with one attached hydrogen (secondary N) is 1. The Kier molecular flexibility index (Phi) is 4.46. The van der Waals surface area contributed by atoms with E-state index in [2.05, 4.69) is 16.0 Å². The summed E-state index contributed by atoms with van der Waals surface area (Å²) in [6.07, 6.45) is 3.38. The van der Waals surface area contributed by atoms with Crippen molar-refractivity contribution < 1.29 is 9.53 Å². The molecule has 0 fully saturated rings. The molecular formula is C19H19N3O3S. The largest absolute Gasteiger partial charge is 0.484 e. The second kappa shape index (κ2) is 6.92. The first kappa shape index (κ1) is 16.8. The Labute approximate surface area is 154 Å². The minimum atomic E-state index is -0.171. The third-order valence-corrected chi connectivity index (χ3v) is 5.51. The summed E-state index contributed by atoms with van der Waals surface area (Å²) in [6, 6.07) is 7.83. The van der Waals surface area contributed by atoms with Gasteiger partial charge in [0, 0.05) is 7.05 Å². The number of aryl methyl sites for hydroxylation is 2. The lowest BCUT2D eigenvalue weighted by Gasteiger charge is -2.17. The number of benzene rings is 1. The fourth-order valence-electron chi connectivity index (χ4n) is 3.20. The Bertz CT molecular complexity index is 1020. The molecule has 1 aliphatic carbocycles. The Hall–Kier alpha value is -2.67. The van der Waals surface area contributed by atoms with Gasteiger partial charge in [-0.3, -0.25) is 9.59 Å². The standard InChI is InChI=1S/C19H19N3O3S/c1-22(10-16-20-15-7-8-26-18(15)19(24)21-16)17(23)11-25-14-6-5-12-3-2-4-13(12)9-14/h5-9H,2-4,10-11H2,1H3,(H,20,21,24). The Balaban J connectivity index is 1.38. The van der Waals surface area contributed by atoms with Gasteiger partial charge in [-0.25, -0.2) is 4.98 Å². The van der Waals surface area contributed by atoms with E-state index >= 15 is 0 Å². The highest BCUT2D eigenvalue weighted by Gasteiger charge is 2.15. The first-order valence-electron chi connectivity index (χ1n) is 8.55. The summed E-state index contributed by atoms with van der Waals surface area (Å²) in [5, 5.41) is 1.83. The van der Waals surface area contributed by atoms with Crippen LogP contribution in [0.5, 0.6) is 5.75 Å². The molecule has 3 aromatic rings. The molecule has 1 amide bonds. The molecule has 0 atom stereocenters. The summed E-state index contributed by atoms with van der Waals surface area (Å²) in [5.74, 6) is 1.02. The van der Waals surface area contributed by atoms with Crippen LogP contribution in [0.3, 0.4) is 0 Å². The van der Waals surface area contributed by atoms with Crippen molar-refractivity contribution in [3.8, 4) is 5.75 Å². The average Bonchev–Trinajstić information content (AvgIpc) is 3.28. The van der Waals surface area contributed by atoms with Crippen LogP contribution in [0.25, 0.3) is 10.2 Å². The summed E-state index contributed by atoms with van der Waals surface area (Å²) in [7, 11) is 1.67. The Morgan fingerprint density at radius 3 is 3.04 bits per heavy atom. The van der Waals surface area contributed by atoms with Crippen LogP contribution in [0, 0.1) is 0 Å². The monoisotopic (exact) mass is 369 g/mol. The molecule has 0 bridgehead atoms. The van der Waals surface area contributed by atoms with Crippen molar-refractivity contribution in [2.45, 2.75) is 25.8 Å². The maximum absolute atomic E-state index is 12.3. The first-order valence-corrected chi connectivity index (χ1v) is 9.43. The highest BCUT2D eigenvalue weighted by atomic mass is 32.1. The minimum absolute atomic E-state index is 0.0415. The predicted octanol–water partition coefficient (Wildman–Crippen LogP) is 2.51. The van der Waals surface area contributed by atoms with Crippen LogP contribution in [-0.2, 0) is 24.2 Å². The van der Waals surface area contributed by atoms with Gasteiger partial charge in [-0.2, -0.15) is 0 Å². The van der Waals surface area contributed by atoms with Gasteiger partial charge in [0.05, 0.1) is 12.1 Å². The molecule has 0 unspecified atom stereocenters. The summed E-state index contributed by atoms with van der Waals surface area (Å²) >= 11 is 1.36. The van der Waals surface area contributed by atoms with Gasteiger partial charge in [-0.1, -0.05) is 6.07 Å². The van der Waals surface area contributed by atoms with Crippen molar-refractivity contribution in [1.82, 2.24) is 14.9 Å². The van der Waals surface area contributed by atoms with E-state index < -0.39 is 0 Å². The molecule has 26 heavy (non-hydrogen) atoms. The van der Waals surface area contributed by atoms with Crippen LogP contribution in [0.15, 0.2) is 34.4 Å². The third-order valence-electron chi connectivity index (χ3n) is 4.61. The number of thiophene rings is 1. The number of nitrogens with zero attached hydrogens (tertiary/aromatic N) is 2. The molecule has 0 aliphatic heterocycles. The number of hydrogen-bond donors (Lipinski definition) is 1. The van der Waals surface area contributed by atoms with Gasteiger partial charge >= 0.3 is 0 Å². The number of carbonyl (C=O) groups is 1. The van der Waals surface area contributed by atoms with Crippen molar-refractivity contribution >= 4 is 27.5 Å². The minimum Gasteiger partial charge on any atom is -0.484 e. The molecule has 2 heterocycles. The van der Waals surface area contributed by atoms with E-state index in [1.165, 1.54) is 33.8 Å². The molecule has 4 rings (SSSR count). The molecule has 7 heteroatoms. The summed E-state index contributed by atoms with van der Waals surface area (Å²) < 4.78 is 6.25. The fourth-order valence-corrected chi connectivity index (χ4v) is 3.93. The number of hydrogen-bond acceptors (Lipinski definition) is 5. The molecule has 1 aliphatic rings. The summed E-state index contributed by atoms with van der Waals surface area (Å²) in [4.78, 5) is 33.0. The number of amides is 1. The summed E-state index contributed by atoms with van der Waals surface area (Å²) in [6.45, 7) is 0.188. The van der Waals surface area contributed by atoms with Crippen LogP contribution in [0.1, 0.15) is 23.4 Å². The lowest BCUT2D eigenvalue weighted by Crippen LogP contribution is -2.32. The van der Waals surface area contributed by atoms with Crippen LogP contribution < -0.4 is 10.3 Å². The number of aromatic nitrogens is 2. The first-order chi connectivity index (χ1) is 12.6. The van der Waals surface area contributed by atoms with Gasteiger partial charge in [0.25, 0.3) is 11.5 Å². The van der Waals surface area contributed by atoms with Crippen molar-refractivity contribution in [2.24, 2.45) is 0 Å². The smallest absolute Gasteiger partial charge is 0.268 e. The van der Waals surface area contributed by atoms with Crippen molar-refractivity contribution in [1.29, 1.82) is 0 Å².